The molecule has 0 atom stereocenters. The molecule has 1 aliphatic carbocycles. The van der Waals surface area contributed by atoms with Gasteiger partial charge in [0.25, 0.3) is 5.91 Å². The molecule has 454 valence electrons. The molecular weight excluding hydrogens is 1160 g/mol. The monoisotopic (exact) mass is 1220 g/mol. The number of nitrogens with zero attached hydrogens (tertiary/aromatic N) is 2. The number of aromatic hydroxyl groups is 1. The Hall–Kier alpha value is -10.5. The summed E-state index contributed by atoms with van der Waals surface area (Å²) in [7, 11) is -3.47. The van der Waals surface area contributed by atoms with Gasteiger partial charge in [-0.2, -0.15) is 0 Å². The second kappa shape index (κ2) is 29.2. The predicted octanol–water partition coefficient (Wildman–Crippen LogP) is 4.44. The van der Waals surface area contributed by atoms with E-state index in [2.05, 4.69) is 14.8 Å². The molecule has 86 heavy (non-hydrogen) atoms. The molecule has 29 heteroatoms. The van der Waals surface area contributed by atoms with Crippen LogP contribution >= 0.6 is 0 Å². The Morgan fingerprint density at radius 2 is 1.05 bits per heavy atom. The molecule has 1 heterocycles. The number of para-hydroxylation sites is 2. The van der Waals surface area contributed by atoms with Gasteiger partial charge in [0.15, 0.2) is 17.4 Å². The molecule has 0 bridgehead atoms. The number of hydrogen-bond acceptors (Lipinski definition) is 24. The maximum atomic E-state index is 16.0. The van der Waals surface area contributed by atoms with Crippen molar-refractivity contribution in [3.63, 3.8) is 0 Å². The average molecular weight is 1220 g/mol. The van der Waals surface area contributed by atoms with Crippen molar-refractivity contribution < 1.29 is 119 Å². The van der Waals surface area contributed by atoms with Crippen LogP contribution in [0.25, 0.3) is 5.57 Å². The summed E-state index contributed by atoms with van der Waals surface area (Å²) in [5.41, 5.74) is -0.633. The van der Waals surface area contributed by atoms with E-state index in [1.54, 1.807) is 19.2 Å². The van der Waals surface area contributed by atoms with Crippen molar-refractivity contribution in [1.29, 1.82) is 0 Å². The van der Waals surface area contributed by atoms with E-state index >= 15 is 8.78 Å². The van der Waals surface area contributed by atoms with Gasteiger partial charge in [-0.3, -0.25) is 47.9 Å². The normalized spacial score (nSPS) is 12.7. The Kier molecular flexibility index (Phi) is 22.0. The number of aromatic carboxylic acids is 1. The number of ether oxygens (including phenoxy) is 10. The summed E-state index contributed by atoms with van der Waals surface area (Å²) < 4.78 is 82.9. The minimum absolute atomic E-state index is 0.0108. The van der Waals surface area contributed by atoms with E-state index in [-0.39, 0.29) is 73.4 Å². The molecule has 4 aromatic carbocycles. The third-order valence-corrected chi connectivity index (χ3v) is 15.8. The number of esters is 8. The van der Waals surface area contributed by atoms with E-state index in [9.17, 15) is 63.0 Å². The van der Waals surface area contributed by atoms with Gasteiger partial charge >= 0.3 is 53.7 Å². The Balaban J connectivity index is 1.35. The number of fused-ring (bicyclic) bond motifs is 2. The zero-order valence-corrected chi connectivity index (χ0v) is 47.8. The number of anilines is 3. The number of halogens is 2. The standard InChI is InChI=1S/C57H55F2N3O23Si/c1-31(63)78-27-82-47(69)23-61(24-48(70)83-28-79-32(2)64)41-9-7-8-10-45(41)76-19-20-77-46-22-36(12-16-42(46)62(25-49(71)84-29-80-33(3)65)26-50(72)85-30-81-34(4)66)60-56(73)35-11-13-37(40(21-35)57(74)75)51-38-14-17-43(67)52(58)54(38)86(5,6)55-39(51)15-18-44(68)53(55)59/h7-18,21-22,67H,19-20,23-30H2,1-6H3,(H,60,73)(H,74,75). The molecule has 0 saturated carbocycles. The van der Waals surface area contributed by atoms with Crippen molar-refractivity contribution >= 4 is 101 Å². The van der Waals surface area contributed by atoms with Gasteiger partial charge in [-0.1, -0.05) is 43.4 Å². The zero-order valence-electron chi connectivity index (χ0n) is 46.8. The van der Waals surface area contributed by atoms with Crippen LogP contribution in [0, 0.1) is 5.82 Å². The van der Waals surface area contributed by atoms with Crippen LogP contribution in [0.3, 0.4) is 0 Å². The number of ketones is 1. The first-order chi connectivity index (χ1) is 40.8. The highest BCUT2D eigenvalue weighted by Crippen LogP contribution is 2.45. The molecule has 0 aromatic heterocycles. The topological polar surface area (TPSA) is 339 Å². The van der Waals surface area contributed by atoms with Crippen LogP contribution in [0.1, 0.15) is 59.5 Å². The maximum absolute atomic E-state index is 16.0. The molecule has 4 aromatic rings. The quantitative estimate of drug-likeness (QED) is 0.0244. The maximum Gasteiger partial charge on any atom is 0.336 e. The number of benzene rings is 4. The summed E-state index contributed by atoms with van der Waals surface area (Å²) in [6, 6.07) is 15.7. The number of carbonyl (C=O) groups is 11. The summed E-state index contributed by atoms with van der Waals surface area (Å²) in [5.74, 6) is -13.7. The van der Waals surface area contributed by atoms with Gasteiger partial charge in [-0.25, -0.2) is 13.6 Å². The molecular formula is C57H55F2N3O23Si. The van der Waals surface area contributed by atoms with Crippen molar-refractivity contribution in [1.82, 2.24) is 0 Å². The Morgan fingerprint density at radius 3 is 1.55 bits per heavy atom. The molecule has 0 fully saturated rings. The van der Waals surface area contributed by atoms with Crippen LogP contribution in [0.2, 0.25) is 13.1 Å². The molecule has 2 aliphatic rings. The summed E-state index contributed by atoms with van der Waals surface area (Å²) in [6.07, 6.45) is 2.27. The number of carboxylic acid groups (broad SMARTS) is 1. The lowest BCUT2D eigenvalue weighted by Gasteiger charge is -2.38. The smallest absolute Gasteiger partial charge is 0.336 e. The zero-order chi connectivity index (χ0) is 63.0. The van der Waals surface area contributed by atoms with Crippen LogP contribution in [0.4, 0.5) is 25.8 Å². The molecule has 0 unspecified atom stereocenters. The number of carboxylic acids is 1. The second-order valence-electron chi connectivity index (χ2n) is 18.8. The van der Waals surface area contributed by atoms with Crippen LogP contribution in [0.15, 0.2) is 102 Å². The van der Waals surface area contributed by atoms with Gasteiger partial charge in [-0.15, -0.1) is 0 Å². The van der Waals surface area contributed by atoms with Gasteiger partial charge in [0, 0.05) is 45.0 Å². The number of phenolic OH excluding ortho intramolecular Hbond substituents is 1. The van der Waals surface area contributed by atoms with Gasteiger partial charge in [0.2, 0.25) is 33.0 Å². The van der Waals surface area contributed by atoms with Crippen LogP contribution < -0.4 is 29.8 Å². The third-order valence-electron chi connectivity index (χ3n) is 12.4. The molecule has 1 amide bonds. The van der Waals surface area contributed by atoms with Crippen molar-refractivity contribution in [2.24, 2.45) is 0 Å². The molecule has 0 saturated heterocycles. The minimum atomic E-state index is -3.47. The van der Waals surface area contributed by atoms with Gasteiger partial charge < -0.3 is 72.7 Å². The molecule has 3 N–H and O–H groups in total. The number of nitrogens with one attached hydrogen (secondary N) is 1. The van der Waals surface area contributed by atoms with E-state index in [0.29, 0.717) is 0 Å². The lowest BCUT2D eigenvalue weighted by molar-refractivity contribution is -0.167. The fraction of sp³-hybridized carbons (Fsp3) is 0.281. The van der Waals surface area contributed by atoms with Gasteiger partial charge in [-0.05, 0) is 81.2 Å². The van der Waals surface area contributed by atoms with E-state index < -0.39 is 156 Å². The summed E-state index contributed by atoms with van der Waals surface area (Å²) >= 11 is 0. The second-order valence-corrected chi connectivity index (χ2v) is 23.0. The van der Waals surface area contributed by atoms with Crippen LogP contribution in [-0.4, -0.2) is 150 Å². The highest BCUT2D eigenvalue weighted by atomic mass is 28.3. The molecule has 0 radical (unpaired) electrons. The number of phenols is 1. The largest absolute Gasteiger partial charge is 0.505 e. The number of amides is 1. The first-order valence-corrected chi connectivity index (χ1v) is 28.5. The van der Waals surface area contributed by atoms with Crippen molar-refractivity contribution in [3.05, 3.63) is 130 Å². The number of rotatable bonds is 27. The van der Waals surface area contributed by atoms with Crippen molar-refractivity contribution in [2.75, 3.05) is 81.7 Å². The number of carbonyl (C=O) groups excluding carboxylic acids is 10. The lowest BCUT2D eigenvalue weighted by Crippen LogP contribution is -2.51. The van der Waals surface area contributed by atoms with Crippen molar-refractivity contribution in [2.45, 2.75) is 40.8 Å². The minimum Gasteiger partial charge on any atom is -0.505 e. The molecule has 6 rings (SSSR count). The first-order valence-electron chi connectivity index (χ1n) is 25.5. The van der Waals surface area contributed by atoms with E-state index in [4.69, 9.17) is 37.9 Å². The van der Waals surface area contributed by atoms with E-state index in [1.165, 1.54) is 65.6 Å². The highest BCUT2D eigenvalue weighted by Gasteiger charge is 2.46. The summed E-state index contributed by atoms with van der Waals surface area (Å²) in [6.45, 7) is 0.715. The summed E-state index contributed by atoms with van der Waals surface area (Å²) in [5, 5.41) is 23.5. The predicted molar refractivity (Wildman–Crippen MR) is 294 cm³/mol. The number of hydrogen-bond donors (Lipinski definition) is 3. The van der Waals surface area contributed by atoms with Crippen LogP contribution in [-0.2, 0) is 81.0 Å². The molecule has 26 nitrogen and oxygen atoms in total. The van der Waals surface area contributed by atoms with E-state index in [0.717, 1.165) is 50.8 Å². The fourth-order valence-corrected chi connectivity index (χ4v) is 12.1. The molecule has 1 aliphatic heterocycles. The Bertz CT molecular complexity index is 3420. The number of allylic oxidation sites excluding steroid dienone is 5. The van der Waals surface area contributed by atoms with Crippen molar-refractivity contribution in [3.8, 4) is 17.2 Å². The van der Waals surface area contributed by atoms with Gasteiger partial charge in [0.05, 0.1) is 16.9 Å². The average Bonchev–Trinajstić information content (AvgIpc) is 0.714. The van der Waals surface area contributed by atoms with Crippen LogP contribution in [0.5, 0.6) is 17.2 Å². The van der Waals surface area contributed by atoms with Gasteiger partial charge in [0.1, 0.15) is 59.0 Å². The molecule has 0 spiro atoms. The lowest BCUT2D eigenvalue weighted by atomic mass is 9.86. The Labute approximate surface area is 488 Å². The van der Waals surface area contributed by atoms with E-state index in [1.807, 2.05) is 0 Å². The first kappa shape index (κ1) is 64.7. The third kappa shape index (κ3) is 16.9. The SMILES string of the molecule is CC(=O)OCOC(=O)CN(CC(=O)OCOC(C)=O)c1ccccc1OCCOc1cc(NC(=O)c2ccc(C3=C4C=CC(=O)C(F)=C4[Si](C)(C)c4c3ccc(O)c4F)c(C(=O)O)c2)ccc1N(CC(=O)OCOC(C)=O)CC(=O)OCOC(C)=O. The fourth-order valence-electron chi connectivity index (χ4n) is 8.69. The Morgan fingerprint density at radius 1 is 0.570 bits per heavy atom. The summed E-state index contributed by atoms with van der Waals surface area (Å²) in [4.78, 5) is 140. The highest BCUT2D eigenvalue weighted by molar-refractivity contribution is 6.98.